The number of methoxy groups -OCH3 is 2. The molecule has 2 aromatic carbocycles. The van der Waals surface area contributed by atoms with Crippen LogP contribution in [0.15, 0.2) is 42.5 Å². The van der Waals surface area contributed by atoms with Gasteiger partial charge in [0, 0.05) is 17.3 Å². The van der Waals surface area contributed by atoms with Gasteiger partial charge in [-0.25, -0.2) is 4.79 Å². The normalized spacial score (nSPS) is 11.2. The number of benzene rings is 2. The van der Waals surface area contributed by atoms with Crippen molar-refractivity contribution in [3.05, 3.63) is 53.6 Å². The summed E-state index contributed by atoms with van der Waals surface area (Å²) < 4.78 is 15.5. The second kappa shape index (κ2) is 8.70. The topological polar surface area (TPSA) is 117 Å². The van der Waals surface area contributed by atoms with Gasteiger partial charge in [0.15, 0.2) is 17.6 Å². The molecule has 2 aromatic rings. The number of nitrogens with one attached hydrogen (secondary N) is 1. The molecule has 8 heteroatoms. The third kappa shape index (κ3) is 4.97. The Kier molecular flexibility index (Phi) is 6.37. The lowest BCUT2D eigenvalue weighted by molar-refractivity contribution is -0.123. The predicted octanol–water partition coefficient (Wildman–Crippen LogP) is 1.99. The second-order valence-corrected chi connectivity index (χ2v) is 5.55. The lowest BCUT2D eigenvalue weighted by Gasteiger charge is -2.15. The van der Waals surface area contributed by atoms with Gasteiger partial charge in [-0.3, -0.25) is 9.59 Å². The average molecular weight is 372 g/mol. The third-order valence-corrected chi connectivity index (χ3v) is 3.71. The Bertz CT molecular complexity index is 848. The standard InChI is InChI=1S/C19H20N2O6/c1-11(27-19(24)13-6-4-12(5-7-13)17(20)22)18(23)21-14-8-9-15(25-2)16(10-14)26-3/h4-11H,1-3H3,(H2,20,22)(H,21,23). The second-order valence-electron chi connectivity index (χ2n) is 5.55. The van der Waals surface area contributed by atoms with Crippen LogP contribution in [-0.4, -0.2) is 38.1 Å². The molecule has 142 valence electrons. The van der Waals surface area contributed by atoms with E-state index in [4.69, 9.17) is 19.9 Å². The van der Waals surface area contributed by atoms with E-state index in [0.29, 0.717) is 17.2 Å². The van der Waals surface area contributed by atoms with Gasteiger partial charge in [0.1, 0.15) is 0 Å². The van der Waals surface area contributed by atoms with E-state index in [1.165, 1.54) is 45.4 Å². The number of rotatable bonds is 7. The number of carbonyl (C=O) groups is 3. The van der Waals surface area contributed by atoms with Crippen molar-refractivity contribution in [3.63, 3.8) is 0 Å². The van der Waals surface area contributed by atoms with Crippen molar-refractivity contribution in [2.75, 3.05) is 19.5 Å². The molecule has 0 saturated carbocycles. The number of anilines is 1. The smallest absolute Gasteiger partial charge is 0.338 e. The van der Waals surface area contributed by atoms with E-state index in [0.717, 1.165) is 0 Å². The van der Waals surface area contributed by atoms with Crippen LogP contribution in [0.1, 0.15) is 27.6 Å². The van der Waals surface area contributed by atoms with Crippen molar-refractivity contribution in [2.24, 2.45) is 5.73 Å². The summed E-state index contributed by atoms with van der Waals surface area (Å²) in [6.07, 6.45) is -1.04. The number of esters is 1. The van der Waals surface area contributed by atoms with E-state index in [9.17, 15) is 14.4 Å². The summed E-state index contributed by atoms with van der Waals surface area (Å²) in [4.78, 5) is 35.4. The number of ether oxygens (including phenoxy) is 3. The fourth-order valence-electron chi connectivity index (χ4n) is 2.21. The van der Waals surface area contributed by atoms with E-state index in [-0.39, 0.29) is 11.1 Å². The highest BCUT2D eigenvalue weighted by Crippen LogP contribution is 2.29. The van der Waals surface area contributed by atoms with E-state index < -0.39 is 23.9 Å². The summed E-state index contributed by atoms with van der Waals surface area (Å²) >= 11 is 0. The average Bonchev–Trinajstić information content (AvgIpc) is 2.67. The zero-order valence-corrected chi connectivity index (χ0v) is 15.1. The SMILES string of the molecule is COc1ccc(NC(=O)C(C)OC(=O)c2ccc(C(N)=O)cc2)cc1OC. The highest BCUT2D eigenvalue weighted by atomic mass is 16.5. The molecule has 2 rings (SSSR count). The van der Waals surface area contributed by atoms with Gasteiger partial charge in [-0.1, -0.05) is 0 Å². The number of primary amides is 1. The highest BCUT2D eigenvalue weighted by Gasteiger charge is 2.20. The van der Waals surface area contributed by atoms with E-state index in [1.807, 2.05) is 0 Å². The van der Waals surface area contributed by atoms with Gasteiger partial charge in [0.2, 0.25) is 5.91 Å². The molecule has 3 N–H and O–H groups in total. The Morgan fingerprint density at radius 1 is 0.926 bits per heavy atom. The van der Waals surface area contributed by atoms with Crippen LogP contribution < -0.4 is 20.5 Å². The summed E-state index contributed by atoms with van der Waals surface area (Å²) in [6.45, 7) is 1.45. The fraction of sp³-hybridized carbons (Fsp3) is 0.211. The van der Waals surface area contributed by atoms with Gasteiger partial charge in [-0.05, 0) is 43.3 Å². The Hall–Kier alpha value is -3.55. The molecule has 1 unspecified atom stereocenters. The maximum atomic E-state index is 12.3. The Labute approximate surface area is 156 Å². The summed E-state index contributed by atoms with van der Waals surface area (Å²) in [7, 11) is 2.99. The van der Waals surface area contributed by atoms with Gasteiger partial charge < -0.3 is 25.3 Å². The molecular formula is C19H20N2O6. The summed E-state index contributed by atoms with van der Waals surface area (Å²) in [5, 5.41) is 2.64. The molecule has 0 aromatic heterocycles. The lowest BCUT2D eigenvalue weighted by atomic mass is 10.1. The van der Waals surface area contributed by atoms with Crippen molar-refractivity contribution in [1.29, 1.82) is 0 Å². The van der Waals surface area contributed by atoms with Crippen LogP contribution in [0.3, 0.4) is 0 Å². The lowest BCUT2D eigenvalue weighted by Crippen LogP contribution is -2.30. The Balaban J connectivity index is 2.00. The minimum atomic E-state index is -1.04. The molecule has 0 aliphatic carbocycles. The first-order chi connectivity index (χ1) is 12.8. The maximum Gasteiger partial charge on any atom is 0.338 e. The van der Waals surface area contributed by atoms with E-state index in [1.54, 1.807) is 18.2 Å². The van der Waals surface area contributed by atoms with E-state index >= 15 is 0 Å². The molecule has 0 bridgehead atoms. The largest absolute Gasteiger partial charge is 0.493 e. The van der Waals surface area contributed by atoms with Crippen molar-refractivity contribution >= 4 is 23.5 Å². The first kappa shape index (κ1) is 19.8. The van der Waals surface area contributed by atoms with Crippen molar-refractivity contribution in [1.82, 2.24) is 0 Å². The monoisotopic (exact) mass is 372 g/mol. The molecule has 0 aliphatic heterocycles. The molecule has 27 heavy (non-hydrogen) atoms. The molecule has 2 amide bonds. The van der Waals surface area contributed by atoms with Gasteiger partial charge in [-0.2, -0.15) is 0 Å². The first-order valence-corrected chi connectivity index (χ1v) is 7.99. The van der Waals surface area contributed by atoms with Gasteiger partial charge in [-0.15, -0.1) is 0 Å². The zero-order chi connectivity index (χ0) is 20.0. The number of nitrogens with two attached hydrogens (primary N) is 1. The Morgan fingerprint density at radius 3 is 2.07 bits per heavy atom. The van der Waals surface area contributed by atoms with Crippen LogP contribution in [0.5, 0.6) is 11.5 Å². The molecule has 8 nitrogen and oxygen atoms in total. The molecule has 1 atom stereocenters. The van der Waals surface area contributed by atoms with E-state index in [2.05, 4.69) is 5.32 Å². The molecule has 0 saturated heterocycles. The van der Waals surface area contributed by atoms with Gasteiger partial charge in [0.25, 0.3) is 5.91 Å². The summed E-state index contributed by atoms with van der Waals surface area (Å²) in [5.41, 5.74) is 6.08. The Morgan fingerprint density at radius 2 is 1.52 bits per heavy atom. The fourth-order valence-corrected chi connectivity index (χ4v) is 2.21. The van der Waals surface area contributed by atoms with Crippen LogP contribution in [0.4, 0.5) is 5.69 Å². The van der Waals surface area contributed by atoms with Crippen molar-refractivity contribution in [2.45, 2.75) is 13.0 Å². The molecule has 0 radical (unpaired) electrons. The molecule has 0 spiro atoms. The molecule has 0 aliphatic rings. The highest BCUT2D eigenvalue weighted by molar-refractivity contribution is 5.98. The van der Waals surface area contributed by atoms with Crippen LogP contribution in [0.2, 0.25) is 0 Å². The van der Waals surface area contributed by atoms with Crippen LogP contribution in [0, 0.1) is 0 Å². The van der Waals surface area contributed by atoms with Crippen LogP contribution in [0.25, 0.3) is 0 Å². The zero-order valence-electron chi connectivity index (χ0n) is 15.1. The number of carbonyl (C=O) groups excluding carboxylic acids is 3. The molecular weight excluding hydrogens is 352 g/mol. The van der Waals surface area contributed by atoms with Gasteiger partial charge in [0.05, 0.1) is 19.8 Å². The minimum Gasteiger partial charge on any atom is -0.493 e. The minimum absolute atomic E-state index is 0.200. The van der Waals surface area contributed by atoms with Gasteiger partial charge >= 0.3 is 5.97 Å². The predicted molar refractivity (Wildman–Crippen MR) is 98.0 cm³/mol. The van der Waals surface area contributed by atoms with Crippen LogP contribution >= 0.6 is 0 Å². The number of hydrogen-bond donors (Lipinski definition) is 2. The number of hydrogen-bond acceptors (Lipinski definition) is 6. The number of amides is 2. The summed E-state index contributed by atoms with van der Waals surface area (Å²) in [5.74, 6) is -0.827. The summed E-state index contributed by atoms with van der Waals surface area (Å²) in [6, 6.07) is 10.5. The maximum absolute atomic E-state index is 12.3. The molecule has 0 heterocycles. The van der Waals surface area contributed by atoms with Crippen molar-refractivity contribution < 1.29 is 28.6 Å². The first-order valence-electron chi connectivity index (χ1n) is 7.99. The quantitative estimate of drug-likeness (QED) is 0.718. The van der Waals surface area contributed by atoms with Crippen LogP contribution in [-0.2, 0) is 9.53 Å². The third-order valence-electron chi connectivity index (χ3n) is 3.71. The molecule has 0 fully saturated rings. The van der Waals surface area contributed by atoms with Crippen molar-refractivity contribution in [3.8, 4) is 11.5 Å².